The van der Waals surface area contributed by atoms with E-state index in [2.05, 4.69) is 5.32 Å². The monoisotopic (exact) mass is 393 g/mol. The van der Waals surface area contributed by atoms with Crippen LogP contribution in [0.2, 0.25) is 5.02 Å². The molecule has 0 saturated heterocycles. The van der Waals surface area contributed by atoms with Crippen LogP contribution >= 0.6 is 23.4 Å². The van der Waals surface area contributed by atoms with Crippen molar-refractivity contribution in [2.45, 2.75) is 24.0 Å². The molecule has 138 valence electrons. The highest BCUT2D eigenvalue weighted by atomic mass is 35.5. The fourth-order valence-corrected chi connectivity index (χ4v) is 3.25. The number of anilines is 1. The lowest BCUT2D eigenvalue weighted by Crippen LogP contribution is -2.22. The van der Waals surface area contributed by atoms with Gasteiger partial charge in [-0.15, -0.1) is 11.8 Å². The second-order valence-electron chi connectivity index (χ2n) is 5.34. The van der Waals surface area contributed by atoms with E-state index in [1.165, 1.54) is 23.9 Å². The second kappa shape index (κ2) is 9.50. The molecule has 0 aliphatic heterocycles. The Kier molecular flexibility index (Phi) is 7.36. The average molecular weight is 394 g/mol. The van der Waals surface area contributed by atoms with E-state index in [0.717, 1.165) is 10.6 Å². The maximum Gasteiger partial charge on any atom is 0.339 e. The maximum atomic E-state index is 12.4. The minimum absolute atomic E-state index is 0.161. The number of halogens is 1. The van der Waals surface area contributed by atoms with Gasteiger partial charge in [0.05, 0.1) is 29.6 Å². The van der Waals surface area contributed by atoms with Crippen LogP contribution in [-0.4, -0.2) is 30.8 Å². The smallest absolute Gasteiger partial charge is 0.339 e. The zero-order chi connectivity index (χ0) is 19.1. The Labute approximate surface area is 162 Å². The third-order valence-electron chi connectivity index (χ3n) is 3.47. The fraction of sp³-hybridized carbons (Fsp3) is 0.263. The number of nitrogens with one attached hydrogen (secondary N) is 1. The molecular weight excluding hydrogens is 374 g/mol. The van der Waals surface area contributed by atoms with Crippen molar-refractivity contribution < 1.29 is 19.1 Å². The van der Waals surface area contributed by atoms with E-state index in [4.69, 9.17) is 21.1 Å². The number of benzene rings is 2. The minimum Gasteiger partial charge on any atom is -0.497 e. The molecule has 0 spiro atoms. The Bertz CT molecular complexity index is 780. The predicted octanol–water partition coefficient (Wildman–Crippen LogP) is 4.64. The summed E-state index contributed by atoms with van der Waals surface area (Å²) in [7, 11) is 1.61. The first-order chi connectivity index (χ1) is 12.4. The predicted molar refractivity (Wildman–Crippen MR) is 104 cm³/mol. The highest BCUT2D eigenvalue weighted by Crippen LogP contribution is 2.27. The van der Waals surface area contributed by atoms with Gasteiger partial charge in [-0.25, -0.2) is 4.79 Å². The average Bonchev–Trinajstić information content (AvgIpc) is 2.62. The molecule has 26 heavy (non-hydrogen) atoms. The van der Waals surface area contributed by atoms with Gasteiger partial charge in [-0.05, 0) is 56.3 Å². The molecule has 1 N–H and O–H groups in total. The van der Waals surface area contributed by atoms with Crippen molar-refractivity contribution in [3.05, 3.63) is 53.1 Å². The molecule has 1 unspecified atom stereocenters. The molecule has 0 radical (unpaired) electrons. The number of carbonyl (C=O) groups excluding carboxylic acids is 2. The summed E-state index contributed by atoms with van der Waals surface area (Å²) >= 11 is 7.55. The standard InChI is InChI=1S/C19H20ClNO4S/c1-4-25-19(23)16-10-5-13(11-17(16)20)21-18(22)12(2)26-15-8-6-14(24-3)7-9-15/h5-12H,4H2,1-3H3,(H,21,22). The number of methoxy groups -OCH3 is 1. The molecule has 2 rings (SSSR count). The van der Waals surface area contributed by atoms with Gasteiger partial charge in [0.1, 0.15) is 5.75 Å². The lowest BCUT2D eigenvalue weighted by atomic mass is 10.2. The molecule has 0 fully saturated rings. The number of amides is 1. The molecule has 0 aliphatic carbocycles. The van der Waals surface area contributed by atoms with Crippen molar-refractivity contribution in [1.82, 2.24) is 0 Å². The lowest BCUT2D eigenvalue weighted by Gasteiger charge is -2.13. The summed E-state index contributed by atoms with van der Waals surface area (Å²) in [6, 6.07) is 12.2. The first kappa shape index (κ1) is 20.1. The van der Waals surface area contributed by atoms with E-state index in [1.807, 2.05) is 31.2 Å². The molecule has 1 amide bonds. The van der Waals surface area contributed by atoms with Gasteiger partial charge in [0.25, 0.3) is 0 Å². The van der Waals surface area contributed by atoms with E-state index >= 15 is 0 Å². The van der Waals surface area contributed by atoms with Crippen LogP contribution in [-0.2, 0) is 9.53 Å². The molecule has 0 heterocycles. The van der Waals surface area contributed by atoms with E-state index in [1.54, 1.807) is 20.1 Å². The molecule has 7 heteroatoms. The normalized spacial score (nSPS) is 11.5. The van der Waals surface area contributed by atoms with Crippen LogP contribution in [0.5, 0.6) is 5.75 Å². The Balaban J connectivity index is 1.99. The molecule has 0 aromatic heterocycles. The van der Waals surface area contributed by atoms with Gasteiger partial charge in [0, 0.05) is 10.6 Å². The van der Waals surface area contributed by atoms with Crippen LogP contribution in [0.25, 0.3) is 0 Å². The molecular formula is C19H20ClNO4S. The van der Waals surface area contributed by atoms with Crippen molar-refractivity contribution in [1.29, 1.82) is 0 Å². The summed E-state index contributed by atoms with van der Waals surface area (Å²) in [4.78, 5) is 25.1. The summed E-state index contributed by atoms with van der Waals surface area (Å²) in [5, 5.41) is 2.72. The number of carbonyl (C=O) groups is 2. The van der Waals surface area contributed by atoms with Crippen molar-refractivity contribution >= 4 is 40.9 Å². The van der Waals surface area contributed by atoms with Crippen LogP contribution < -0.4 is 10.1 Å². The maximum absolute atomic E-state index is 12.4. The van der Waals surface area contributed by atoms with Gasteiger partial charge in [-0.1, -0.05) is 11.6 Å². The van der Waals surface area contributed by atoms with Crippen LogP contribution in [0.4, 0.5) is 5.69 Å². The van der Waals surface area contributed by atoms with Gasteiger partial charge >= 0.3 is 5.97 Å². The van der Waals surface area contributed by atoms with Gasteiger partial charge in [0.15, 0.2) is 0 Å². The SMILES string of the molecule is CCOC(=O)c1ccc(NC(=O)C(C)Sc2ccc(OC)cc2)cc1Cl. The highest BCUT2D eigenvalue weighted by molar-refractivity contribution is 8.00. The molecule has 5 nitrogen and oxygen atoms in total. The van der Waals surface area contributed by atoms with E-state index in [9.17, 15) is 9.59 Å². The van der Waals surface area contributed by atoms with E-state index in [-0.39, 0.29) is 28.4 Å². The zero-order valence-electron chi connectivity index (χ0n) is 14.7. The zero-order valence-corrected chi connectivity index (χ0v) is 16.3. The van der Waals surface area contributed by atoms with E-state index < -0.39 is 5.97 Å². The Morgan fingerprint density at radius 2 is 1.88 bits per heavy atom. The Morgan fingerprint density at radius 3 is 2.46 bits per heavy atom. The third kappa shape index (κ3) is 5.41. The molecule has 0 bridgehead atoms. The van der Waals surface area contributed by atoms with E-state index in [0.29, 0.717) is 5.69 Å². The van der Waals surface area contributed by atoms with Crippen molar-refractivity contribution in [3.63, 3.8) is 0 Å². The lowest BCUT2D eigenvalue weighted by molar-refractivity contribution is -0.115. The van der Waals surface area contributed by atoms with Crippen molar-refractivity contribution in [3.8, 4) is 5.75 Å². The number of rotatable bonds is 7. The van der Waals surface area contributed by atoms with Gasteiger partial charge in [0.2, 0.25) is 5.91 Å². The third-order valence-corrected chi connectivity index (χ3v) is 4.90. The quantitative estimate of drug-likeness (QED) is 0.548. The van der Waals surface area contributed by atoms with Gasteiger partial charge in [-0.2, -0.15) is 0 Å². The first-order valence-corrected chi connectivity index (χ1v) is 9.28. The number of thioether (sulfide) groups is 1. The van der Waals surface area contributed by atoms with Crippen LogP contribution in [0.15, 0.2) is 47.4 Å². The summed E-state index contributed by atoms with van der Waals surface area (Å²) < 4.78 is 10.0. The molecule has 0 saturated carbocycles. The molecule has 0 aliphatic rings. The van der Waals surface area contributed by atoms with Gasteiger partial charge < -0.3 is 14.8 Å². The topological polar surface area (TPSA) is 64.6 Å². The number of hydrogen-bond donors (Lipinski definition) is 1. The van der Waals surface area contributed by atoms with Crippen LogP contribution in [0.3, 0.4) is 0 Å². The second-order valence-corrected chi connectivity index (χ2v) is 7.16. The largest absolute Gasteiger partial charge is 0.497 e. The van der Waals surface area contributed by atoms with Crippen LogP contribution in [0.1, 0.15) is 24.2 Å². The van der Waals surface area contributed by atoms with Crippen LogP contribution in [0, 0.1) is 0 Å². The van der Waals surface area contributed by atoms with Crippen molar-refractivity contribution in [2.24, 2.45) is 0 Å². The Morgan fingerprint density at radius 1 is 1.19 bits per heavy atom. The van der Waals surface area contributed by atoms with Gasteiger partial charge in [-0.3, -0.25) is 4.79 Å². The summed E-state index contributed by atoms with van der Waals surface area (Å²) in [5.41, 5.74) is 0.794. The highest BCUT2D eigenvalue weighted by Gasteiger charge is 2.17. The summed E-state index contributed by atoms with van der Waals surface area (Å²) in [5.74, 6) is 0.118. The molecule has 2 aromatic rings. The first-order valence-electron chi connectivity index (χ1n) is 8.02. The molecule has 1 atom stereocenters. The Hall–Kier alpha value is -2.18. The summed E-state index contributed by atoms with van der Waals surface area (Å²) in [6.45, 7) is 3.81. The number of hydrogen-bond acceptors (Lipinski definition) is 5. The van der Waals surface area contributed by atoms with Crippen molar-refractivity contribution in [2.75, 3.05) is 19.0 Å². The minimum atomic E-state index is -0.487. The summed E-state index contributed by atoms with van der Waals surface area (Å²) in [6.07, 6.45) is 0. The number of esters is 1. The fourth-order valence-electron chi connectivity index (χ4n) is 2.12. The molecule has 2 aromatic carbocycles. The number of ether oxygens (including phenoxy) is 2.